The average Bonchev–Trinajstić information content (AvgIpc) is 2.45. The minimum Gasteiger partial charge on any atom is -0.486 e. The lowest BCUT2D eigenvalue weighted by Gasteiger charge is -2.20. The summed E-state index contributed by atoms with van der Waals surface area (Å²) in [5.74, 6) is -0.0133. The number of nitrogens with two attached hydrogens (primary N) is 1. The van der Waals surface area contributed by atoms with Gasteiger partial charge in [-0.15, -0.1) is 0 Å². The molecular weight excluding hydrogens is 275 g/mol. The van der Waals surface area contributed by atoms with Crippen molar-refractivity contribution in [2.24, 2.45) is 0 Å². The smallest absolute Gasteiger partial charge is 0.259 e. The summed E-state index contributed by atoms with van der Waals surface area (Å²) in [5.41, 5.74) is 6.40. The van der Waals surface area contributed by atoms with Crippen LogP contribution in [0, 0.1) is 5.82 Å². The Bertz CT molecular complexity index is 683. The van der Waals surface area contributed by atoms with E-state index in [-0.39, 0.29) is 11.4 Å². The summed E-state index contributed by atoms with van der Waals surface area (Å²) < 4.78 is 24.2. The molecule has 1 heterocycles. The highest BCUT2D eigenvalue weighted by atomic mass is 19.1. The van der Waals surface area contributed by atoms with Crippen molar-refractivity contribution in [2.45, 2.75) is 0 Å². The van der Waals surface area contributed by atoms with Gasteiger partial charge in [0.2, 0.25) is 0 Å². The van der Waals surface area contributed by atoms with Gasteiger partial charge in [0.15, 0.2) is 11.5 Å². The van der Waals surface area contributed by atoms with Crippen molar-refractivity contribution >= 4 is 17.3 Å². The van der Waals surface area contributed by atoms with E-state index in [1.165, 1.54) is 18.2 Å². The zero-order valence-electron chi connectivity index (χ0n) is 11.1. The van der Waals surface area contributed by atoms with Crippen LogP contribution in [0.3, 0.4) is 0 Å². The summed E-state index contributed by atoms with van der Waals surface area (Å²) in [4.78, 5) is 12.3. The van der Waals surface area contributed by atoms with E-state index >= 15 is 0 Å². The first-order valence-corrected chi connectivity index (χ1v) is 6.39. The second-order valence-corrected chi connectivity index (χ2v) is 4.56. The number of nitrogen functional groups attached to an aromatic ring is 1. The SMILES string of the molecule is Nc1cc(F)cc(NC(=O)c2cccc3c2OCCO3)c1. The highest BCUT2D eigenvalue weighted by Gasteiger charge is 2.20. The first-order chi connectivity index (χ1) is 10.1. The first kappa shape index (κ1) is 13.2. The number of ether oxygens (including phenoxy) is 2. The van der Waals surface area contributed by atoms with Crippen LogP contribution in [0.15, 0.2) is 36.4 Å². The topological polar surface area (TPSA) is 73.6 Å². The fraction of sp³-hybridized carbons (Fsp3) is 0.133. The van der Waals surface area contributed by atoms with Crippen LogP contribution in [0.25, 0.3) is 0 Å². The molecule has 0 bridgehead atoms. The van der Waals surface area contributed by atoms with Crippen molar-refractivity contribution in [3.63, 3.8) is 0 Å². The highest BCUT2D eigenvalue weighted by Crippen LogP contribution is 2.34. The third-order valence-corrected chi connectivity index (χ3v) is 2.99. The van der Waals surface area contributed by atoms with E-state index in [1.54, 1.807) is 18.2 Å². The van der Waals surface area contributed by atoms with Gasteiger partial charge in [-0.3, -0.25) is 4.79 Å². The molecule has 1 amide bonds. The fourth-order valence-electron chi connectivity index (χ4n) is 2.14. The van der Waals surface area contributed by atoms with Crippen LogP contribution in [0.4, 0.5) is 15.8 Å². The van der Waals surface area contributed by atoms with E-state index in [9.17, 15) is 9.18 Å². The van der Waals surface area contributed by atoms with Gasteiger partial charge in [-0.2, -0.15) is 0 Å². The molecule has 0 radical (unpaired) electrons. The number of benzene rings is 2. The molecule has 1 aliphatic heterocycles. The number of halogens is 1. The summed E-state index contributed by atoms with van der Waals surface area (Å²) in [5, 5.41) is 2.60. The van der Waals surface area contributed by atoms with E-state index in [4.69, 9.17) is 15.2 Å². The Hall–Kier alpha value is -2.76. The molecule has 3 N–H and O–H groups in total. The van der Waals surface area contributed by atoms with Crippen molar-refractivity contribution < 1.29 is 18.7 Å². The zero-order valence-corrected chi connectivity index (χ0v) is 11.1. The van der Waals surface area contributed by atoms with E-state index < -0.39 is 11.7 Å². The van der Waals surface area contributed by atoms with Crippen LogP contribution >= 0.6 is 0 Å². The number of carbonyl (C=O) groups excluding carboxylic acids is 1. The van der Waals surface area contributed by atoms with Crippen LogP contribution < -0.4 is 20.5 Å². The van der Waals surface area contributed by atoms with Gasteiger partial charge < -0.3 is 20.5 Å². The Balaban J connectivity index is 1.89. The van der Waals surface area contributed by atoms with Crippen LogP contribution in [0.5, 0.6) is 11.5 Å². The molecule has 0 spiro atoms. The Labute approximate surface area is 120 Å². The summed E-state index contributed by atoms with van der Waals surface area (Å²) in [7, 11) is 0. The molecule has 2 aromatic rings. The monoisotopic (exact) mass is 288 g/mol. The van der Waals surface area contributed by atoms with Crippen LogP contribution in [-0.2, 0) is 0 Å². The maximum absolute atomic E-state index is 13.3. The lowest BCUT2D eigenvalue weighted by atomic mass is 10.1. The maximum atomic E-state index is 13.3. The van der Waals surface area contributed by atoms with Gasteiger partial charge in [0, 0.05) is 11.4 Å². The molecule has 0 aliphatic carbocycles. The molecule has 0 saturated carbocycles. The second kappa shape index (κ2) is 5.32. The molecule has 5 nitrogen and oxygen atoms in total. The number of fused-ring (bicyclic) bond motifs is 1. The largest absolute Gasteiger partial charge is 0.486 e. The molecule has 21 heavy (non-hydrogen) atoms. The number of hydrogen-bond acceptors (Lipinski definition) is 4. The van der Waals surface area contributed by atoms with E-state index in [0.29, 0.717) is 30.3 Å². The number of carbonyl (C=O) groups is 1. The number of hydrogen-bond donors (Lipinski definition) is 2. The Kier molecular flexibility index (Phi) is 3.35. The van der Waals surface area contributed by atoms with E-state index in [2.05, 4.69) is 5.32 Å². The number of nitrogens with one attached hydrogen (secondary N) is 1. The van der Waals surface area contributed by atoms with Gasteiger partial charge in [0.05, 0.1) is 5.56 Å². The molecule has 0 unspecified atom stereocenters. The summed E-state index contributed by atoms with van der Waals surface area (Å²) in [6.45, 7) is 0.822. The third kappa shape index (κ3) is 2.74. The molecule has 1 aliphatic rings. The number of anilines is 2. The summed E-state index contributed by atoms with van der Waals surface area (Å²) in [6, 6.07) is 8.89. The van der Waals surface area contributed by atoms with Crippen molar-refractivity contribution in [1.82, 2.24) is 0 Å². The van der Waals surface area contributed by atoms with Gasteiger partial charge in [0.1, 0.15) is 19.0 Å². The lowest BCUT2D eigenvalue weighted by Crippen LogP contribution is -2.20. The quantitative estimate of drug-likeness (QED) is 0.832. The second-order valence-electron chi connectivity index (χ2n) is 4.56. The minimum absolute atomic E-state index is 0.236. The molecule has 3 rings (SSSR count). The normalized spacial score (nSPS) is 12.8. The minimum atomic E-state index is -0.514. The molecular formula is C15H13FN2O3. The number of amides is 1. The van der Waals surface area contributed by atoms with Gasteiger partial charge in [-0.1, -0.05) is 6.07 Å². The zero-order chi connectivity index (χ0) is 14.8. The summed E-state index contributed by atoms with van der Waals surface area (Å²) in [6.07, 6.45) is 0. The first-order valence-electron chi connectivity index (χ1n) is 6.39. The predicted molar refractivity (Wildman–Crippen MR) is 76.2 cm³/mol. The molecule has 2 aromatic carbocycles. The Morgan fingerprint density at radius 3 is 2.81 bits per heavy atom. The van der Waals surface area contributed by atoms with Crippen LogP contribution in [-0.4, -0.2) is 19.1 Å². The molecule has 6 heteroatoms. The van der Waals surface area contributed by atoms with Crippen LogP contribution in [0.2, 0.25) is 0 Å². The molecule has 0 saturated heterocycles. The molecule has 0 fully saturated rings. The van der Waals surface area contributed by atoms with Crippen LogP contribution in [0.1, 0.15) is 10.4 Å². The van der Waals surface area contributed by atoms with Crippen molar-refractivity contribution in [3.8, 4) is 11.5 Å². The standard InChI is InChI=1S/C15H13FN2O3/c16-9-6-10(17)8-11(7-9)18-15(19)12-2-1-3-13-14(12)21-5-4-20-13/h1-3,6-8H,4-5,17H2,(H,18,19). The maximum Gasteiger partial charge on any atom is 0.259 e. The van der Waals surface area contributed by atoms with Gasteiger partial charge in [-0.25, -0.2) is 4.39 Å². The van der Waals surface area contributed by atoms with Gasteiger partial charge >= 0.3 is 0 Å². The Morgan fingerprint density at radius 1 is 1.19 bits per heavy atom. The highest BCUT2D eigenvalue weighted by molar-refractivity contribution is 6.06. The third-order valence-electron chi connectivity index (χ3n) is 2.99. The van der Waals surface area contributed by atoms with Crippen molar-refractivity contribution in [1.29, 1.82) is 0 Å². The average molecular weight is 288 g/mol. The molecule has 108 valence electrons. The van der Waals surface area contributed by atoms with Gasteiger partial charge in [-0.05, 0) is 30.3 Å². The number of rotatable bonds is 2. The van der Waals surface area contributed by atoms with E-state index in [0.717, 1.165) is 0 Å². The predicted octanol–water partition coefficient (Wildman–Crippen LogP) is 2.43. The summed E-state index contributed by atoms with van der Waals surface area (Å²) >= 11 is 0. The van der Waals surface area contributed by atoms with Gasteiger partial charge in [0.25, 0.3) is 5.91 Å². The fourth-order valence-corrected chi connectivity index (χ4v) is 2.14. The molecule has 0 aromatic heterocycles. The van der Waals surface area contributed by atoms with Crippen molar-refractivity contribution in [3.05, 3.63) is 47.8 Å². The number of para-hydroxylation sites is 1. The Morgan fingerprint density at radius 2 is 2.00 bits per heavy atom. The molecule has 0 atom stereocenters. The van der Waals surface area contributed by atoms with E-state index in [1.807, 2.05) is 0 Å². The lowest BCUT2D eigenvalue weighted by molar-refractivity contribution is 0.101. The van der Waals surface area contributed by atoms with Crippen molar-refractivity contribution in [2.75, 3.05) is 24.3 Å².